The average Bonchev–Trinajstić information content (AvgIpc) is 3.05. The molecule has 0 fully saturated rings. The maximum atomic E-state index is 13.2. The molecule has 0 aliphatic heterocycles. The van der Waals surface area contributed by atoms with Crippen LogP contribution in [0.1, 0.15) is 16.2 Å². The molecule has 27 heavy (non-hydrogen) atoms. The van der Waals surface area contributed by atoms with E-state index in [0.717, 1.165) is 12.1 Å². The van der Waals surface area contributed by atoms with Crippen LogP contribution in [0.3, 0.4) is 0 Å². The second-order valence-corrected chi connectivity index (χ2v) is 7.22. The van der Waals surface area contributed by atoms with E-state index in [9.17, 15) is 22.0 Å². The third-order valence-corrected chi connectivity index (χ3v) is 4.84. The highest BCUT2D eigenvalue weighted by molar-refractivity contribution is 7.92. The zero-order chi connectivity index (χ0) is 19.6. The van der Waals surface area contributed by atoms with Crippen molar-refractivity contribution in [2.75, 3.05) is 10.0 Å². The predicted octanol–water partition coefficient (Wildman–Crippen LogP) is 3.31. The van der Waals surface area contributed by atoms with Gasteiger partial charge in [-0.1, -0.05) is 5.16 Å². The fourth-order valence-electron chi connectivity index (χ4n) is 2.15. The summed E-state index contributed by atoms with van der Waals surface area (Å²) in [5.74, 6) is -2.40. The van der Waals surface area contributed by atoms with Crippen molar-refractivity contribution in [1.29, 1.82) is 0 Å². The summed E-state index contributed by atoms with van der Waals surface area (Å²) < 4.78 is 57.7. The summed E-state index contributed by atoms with van der Waals surface area (Å²) in [6.45, 7) is 1.65. The average molecular weight is 393 g/mol. The number of carbonyl (C=O) groups is 1. The Bertz CT molecular complexity index is 1100. The highest BCUT2D eigenvalue weighted by atomic mass is 32.2. The number of anilines is 2. The molecule has 0 aliphatic rings. The molecule has 1 aromatic heterocycles. The van der Waals surface area contributed by atoms with Crippen LogP contribution in [0.4, 0.5) is 20.2 Å². The smallest absolute Gasteiger partial charge is 0.277 e. The lowest BCUT2D eigenvalue weighted by molar-refractivity contribution is 0.101. The Hall–Kier alpha value is -3.27. The van der Waals surface area contributed by atoms with Crippen LogP contribution < -0.4 is 10.0 Å². The van der Waals surface area contributed by atoms with E-state index >= 15 is 0 Å². The number of halogens is 2. The van der Waals surface area contributed by atoms with Gasteiger partial charge in [-0.3, -0.25) is 9.52 Å². The molecule has 0 atom stereocenters. The topological polar surface area (TPSA) is 101 Å². The van der Waals surface area contributed by atoms with Crippen molar-refractivity contribution in [3.8, 4) is 0 Å². The van der Waals surface area contributed by atoms with E-state index in [1.807, 2.05) is 0 Å². The van der Waals surface area contributed by atoms with Crippen LogP contribution in [-0.4, -0.2) is 19.5 Å². The van der Waals surface area contributed by atoms with E-state index in [1.54, 1.807) is 6.92 Å². The van der Waals surface area contributed by atoms with E-state index in [4.69, 9.17) is 4.52 Å². The first-order chi connectivity index (χ1) is 12.7. The summed E-state index contributed by atoms with van der Waals surface area (Å²) in [6.07, 6.45) is 0. The lowest BCUT2D eigenvalue weighted by Gasteiger charge is -2.09. The van der Waals surface area contributed by atoms with E-state index < -0.39 is 32.5 Å². The Labute approximate surface area is 153 Å². The SMILES string of the molecule is Cc1cc(C(=O)Nc2ccc(NS(=O)(=O)c3ccc(F)c(F)c3)cc2)no1. The van der Waals surface area contributed by atoms with Crippen molar-refractivity contribution in [3.05, 3.63) is 71.6 Å². The molecule has 3 aromatic rings. The highest BCUT2D eigenvalue weighted by Gasteiger charge is 2.17. The molecule has 0 bridgehead atoms. The van der Waals surface area contributed by atoms with Crippen LogP contribution in [0.2, 0.25) is 0 Å². The predicted molar refractivity (Wildman–Crippen MR) is 92.8 cm³/mol. The molecule has 140 valence electrons. The summed E-state index contributed by atoms with van der Waals surface area (Å²) in [5, 5.41) is 6.17. The maximum Gasteiger partial charge on any atom is 0.277 e. The molecule has 3 rings (SSSR count). The molecule has 2 aromatic carbocycles. The van der Waals surface area contributed by atoms with Crippen molar-refractivity contribution in [3.63, 3.8) is 0 Å². The first kappa shape index (κ1) is 18.5. The molecule has 1 heterocycles. The molecule has 7 nitrogen and oxygen atoms in total. The zero-order valence-electron chi connectivity index (χ0n) is 13.9. The standard InChI is InChI=1S/C17H13F2N3O4S/c1-10-8-16(21-26-10)17(23)20-11-2-4-12(5-3-11)22-27(24,25)13-6-7-14(18)15(19)9-13/h2-9,22H,1H3,(H,20,23). The number of carbonyl (C=O) groups excluding carboxylic acids is 1. The number of aromatic nitrogens is 1. The van der Waals surface area contributed by atoms with E-state index in [2.05, 4.69) is 15.2 Å². The first-order valence-corrected chi connectivity index (χ1v) is 9.05. The number of sulfonamides is 1. The summed E-state index contributed by atoms with van der Waals surface area (Å²) in [5.41, 5.74) is 0.682. The number of amides is 1. The molecule has 0 radical (unpaired) electrons. The highest BCUT2D eigenvalue weighted by Crippen LogP contribution is 2.20. The van der Waals surface area contributed by atoms with Gasteiger partial charge in [-0.15, -0.1) is 0 Å². The molecule has 0 saturated carbocycles. The van der Waals surface area contributed by atoms with Crippen LogP contribution in [0, 0.1) is 18.6 Å². The lowest BCUT2D eigenvalue weighted by atomic mass is 10.2. The molecular weight excluding hydrogens is 380 g/mol. The number of hydrogen-bond donors (Lipinski definition) is 2. The van der Waals surface area contributed by atoms with Gasteiger partial charge in [-0.25, -0.2) is 17.2 Å². The van der Waals surface area contributed by atoms with Gasteiger partial charge in [0.2, 0.25) is 0 Å². The molecule has 0 unspecified atom stereocenters. The van der Waals surface area contributed by atoms with Gasteiger partial charge in [0.1, 0.15) is 5.76 Å². The third-order valence-electron chi connectivity index (χ3n) is 3.46. The van der Waals surface area contributed by atoms with Gasteiger partial charge in [0.15, 0.2) is 17.3 Å². The summed E-state index contributed by atoms with van der Waals surface area (Å²) >= 11 is 0. The van der Waals surface area contributed by atoms with Crippen LogP contribution in [0.5, 0.6) is 0 Å². The van der Waals surface area contributed by atoms with Crippen molar-refractivity contribution >= 4 is 27.3 Å². The van der Waals surface area contributed by atoms with Crippen molar-refractivity contribution in [2.45, 2.75) is 11.8 Å². The summed E-state index contributed by atoms with van der Waals surface area (Å²) in [6, 6.07) is 9.49. The van der Waals surface area contributed by atoms with Gasteiger partial charge in [0, 0.05) is 17.4 Å². The third kappa shape index (κ3) is 4.29. The van der Waals surface area contributed by atoms with Crippen LogP contribution in [0.15, 0.2) is 57.9 Å². The minimum absolute atomic E-state index is 0.107. The van der Waals surface area contributed by atoms with Gasteiger partial charge in [-0.2, -0.15) is 0 Å². The second kappa shape index (κ2) is 7.16. The largest absolute Gasteiger partial charge is 0.361 e. The minimum Gasteiger partial charge on any atom is -0.361 e. The van der Waals surface area contributed by atoms with Gasteiger partial charge >= 0.3 is 0 Å². The number of rotatable bonds is 5. The normalized spacial score (nSPS) is 11.2. The molecule has 1 amide bonds. The van der Waals surface area contributed by atoms with Crippen molar-refractivity contribution in [2.24, 2.45) is 0 Å². The quantitative estimate of drug-likeness (QED) is 0.693. The zero-order valence-corrected chi connectivity index (χ0v) is 14.7. The monoisotopic (exact) mass is 393 g/mol. The number of nitrogens with zero attached hydrogens (tertiary/aromatic N) is 1. The summed E-state index contributed by atoms with van der Waals surface area (Å²) in [4.78, 5) is 11.6. The molecule has 0 saturated heterocycles. The van der Waals surface area contributed by atoms with Gasteiger partial charge in [0.25, 0.3) is 15.9 Å². The van der Waals surface area contributed by atoms with Gasteiger partial charge < -0.3 is 9.84 Å². The van der Waals surface area contributed by atoms with Crippen molar-refractivity contribution < 1.29 is 26.5 Å². The number of hydrogen-bond acceptors (Lipinski definition) is 5. The van der Waals surface area contributed by atoms with E-state index in [1.165, 1.54) is 30.3 Å². The maximum absolute atomic E-state index is 13.2. The Balaban J connectivity index is 1.71. The summed E-state index contributed by atoms with van der Waals surface area (Å²) in [7, 11) is -4.10. The fraction of sp³-hybridized carbons (Fsp3) is 0.0588. The lowest BCUT2D eigenvalue weighted by Crippen LogP contribution is -2.14. The van der Waals surface area contributed by atoms with Crippen LogP contribution in [0.25, 0.3) is 0 Å². The van der Waals surface area contributed by atoms with Crippen molar-refractivity contribution in [1.82, 2.24) is 5.16 Å². The van der Waals surface area contributed by atoms with E-state index in [0.29, 0.717) is 17.5 Å². The Morgan fingerprint density at radius 2 is 1.67 bits per heavy atom. The van der Waals surface area contributed by atoms with E-state index in [-0.39, 0.29) is 11.4 Å². The minimum atomic E-state index is -4.10. The van der Waals surface area contributed by atoms with Gasteiger partial charge in [-0.05, 0) is 49.4 Å². The fourth-order valence-corrected chi connectivity index (χ4v) is 3.22. The Morgan fingerprint density at radius 1 is 1.00 bits per heavy atom. The second-order valence-electron chi connectivity index (χ2n) is 5.54. The van der Waals surface area contributed by atoms with Crippen LogP contribution >= 0.6 is 0 Å². The molecule has 0 aliphatic carbocycles. The Morgan fingerprint density at radius 3 is 2.26 bits per heavy atom. The number of nitrogens with one attached hydrogen (secondary N) is 2. The number of benzene rings is 2. The van der Waals surface area contributed by atoms with Crippen LogP contribution in [-0.2, 0) is 10.0 Å². The number of aryl methyl sites for hydroxylation is 1. The van der Waals surface area contributed by atoms with Gasteiger partial charge in [0.05, 0.1) is 4.90 Å². The molecule has 10 heteroatoms. The Kier molecular flexibility index (Phi) is 4.91. The molecular formula is C17H13F2N3O4S. The molecule has 0 spiro atoms. The first-order valence-electron chi connectivity index (χ1n) is 7.57. The molecule has 2 N–H and O–H groups in total.